The molecule has 2 saturated heterocycles. The van der Waals surface area contributed by atoms with Crippen LogP contribution >= 0.6 is 0 Å². The number of benzene rings is 5. The number of carbonyl (C=O) groups is 4. The summed E-state index contributed by atoms with van der Waals surface area (Å²) in [6.45, 7) is 5.00. The number of hydrazine groups is 1. The molecule has 3 heterocycles. The number of fused-ring (bicyclic) bond motifs is 2. The predicted molar refractivity (Wildman–Crippen MR) is 235 cm³/mol. The molecule has 13 nitrogen and oxygen atoms in total. The summed E-state index contributed by atoms with van der Waals surface area (Å²) in [5.74, 6) is -0.639. The Balaban J connectivity index is 1.10. The van der Waals surface area contributed by atoms with E-state index < -0.39 is 18.2 Å². The van der Waals surface area contributed by atoms with Crippen molar-refractivity contribution in [2.24, 2.45) is 12.8 Å². The summed E-state index contributed by atoms with van der Waals surface area (Å²) in [6, 6.07) is 35.8. The van der Waals surface area contributed by atoms with Gasteiger partial charge >= 0.3 is 6.03 Å². The standard InChI is InChI=1S/C48H48N8O5/c1-3-24-54-31-44(58)55-42(25-32-14-22-39(57)23-15-32)47(60)53(30-43(55)56(54)48(61)50-27-34-8-5-4-6-9-34)28-37-10-7-11-40-41(29-52(2)45(37)40)35-16-18-36(19-17-35)46(59)51-38-20-12-33(26-49)13-21-38/h3-23,29,42-43,57H,1,24-28,30-31,49H2,2H3,(H,50,61)(H,51,59)/t42-,43-/m0/s1. The fraction of sp³-hybridized carbons (Fsp3) is 0.208. The number of amides is 5. The van der Waals surface area contributed by atoms with Gasteiger partial charge in [-0.1, -0.05) is 91.0 Å². The Kier molecular flexibility index (Phi) is 11.7. The van der Waals surface area contributed by atoms with Crippen molar-refractivity contribution >= 4 is 40.3 Å². The lowest BCUT2D eigenvalue weighted by Gasteiger charge is -2.55. The zero-order valence-electron chi connectivity index (χ0n) is 33.9. The minimum atomic E-state index is -0.921. The first-order valence-corrected chi connectivity index (χ1v) is 20.2. The molecule has 5 aromatic carbocycles. The highest BCUT2D eigenvalue weighted by Gasteiger charge is 2.51. The van der Waals surface area contributed by atoms with E-state index in [2.05, 4.69) is 17.2 Å². The molecular formula is C48H48N8O5. The van der Waals surface area contributed by atoms with Gasteiger partial charge in [0.1, 0.15) is 18.0 Å². The molecule has 2 aliphatic heterocycles. The molecule has 8 rings (SSSR count). The molecule has 0 spiro atoms. The number of aromatic nitrogens is 1. The second kappa shape index (κ2) is 17.6. The van der Waals surface area contributed by atoms with Crippen LogP contribution in [0, 0.1) is 0 Å². The number of para-hydroxylation sites is 1. The van der Waals surface area contributed by atoms with Gasteiger partial charge in [-0.15, -0.1) is 6.58 Å². The molecule has 0 saturated carbocycles. The Morgan fingerprint density at radius 3 is 2.30 bits per heavy atom. The summed E-state index contributed by atoms with van der Waals surface area (Å²) >= 11 is 0. The SMILES string of the molecule is C=CCN1CC(=O)N2[C@@H](Cc3ccc(O)cc3)C(=O)N(Cc3cccc4c(-c5ccc(C(=O)Nc6ccc(CN)cc6)cc5)cn(C)c34)C[C@@H]2N1C(=O)NCc1ccccc1. The van der Waals surface area contributed by atoms with Gasteiger partial charge in [0.2, 0.25) is 11.8 Å². The number of urea groups is 1. The number of phenols is 1. The van der Waals surface area contributed by atoms with Crippen LogP contribution in [0.2, 0.25) is 0 Å². The molecule has 310 valence electrons. The summed E-state index contributed by atoms with van der Waals surface area (Å²) in [4.78, 5) is 59.5. The van der Waals surface area contributed by atoms with E-state index in [-0.39, 0.29) is 62.6 Å². The van der Waals surface area contributed by atoms with Crippen LogP contribution in [0.5, 0.6) is 5.75 Å². The third kappa shape index (κ3) is 8.47. The average molecular weight is 817 g/mol. The first-order chi connectivity index (χ1) is 29.6. The quantitative estimate of drug-likeness (QED) is 0.111. The molecule has 0 aliphatic carbocycles. The Bertz CT molecular complexity index is 2570. The molecule has 5 amide bonds. The van der Waals surface area contributed by atoms with Gasteiger partial charge in [0.15, 0.2) is 0 Å². The van der Waals surface area contributed by atoms with Crippen LogP contribution in [0.3, 0.4) is 0 Å². The molecule has 0 bridgehead atoms. The van der Waals surface area contributed by atoms with E-state index in [1.807, 2.05) is 103 Å². The van der Waals surface area contributed by atoms with Gasteiger partial charge in [-0.2, -0.15) is 0 Å². The minimum absolute atomic E-state index is 0.0669. The zero-order chi connectivity index (χ0) is 42.6. The lowest BCUT2D eigenvalue weighted by molar-refractivity contribution is -0.189. The highest BCUT2D eigenvalue weighted by Crippen LogP contribution is 2.35. The highest BCUT2D eigenvalue weighted by atomic mass is 16.3. The van der Waals surface area contributed by atoms with Crippen molar-refractivity contribution in [1.82, 2.24) is 29.7 Å². The average Bonchev–Trinajstić information content (AvgIpc) is 3.62. The second-order valence-electron chi connectivity index (χ2n) is 15.4. The van der Waals surface area contributed by atoms with Crippen molar-refractivity contribution < 1.29 is 24.3 Å². The first-order valence-electron chi connectivity index (χ1n) is 20.2. The Morgan fingerprint density at radius 1 is 0.869 bits per heavy atom. The van der Waals surface area contributed by atoms with E-state index in [4.69, 9.17) is 5.73 Å². The predicted octanol–water partition coefficient (Wildman–Crippen LogP) is 6.00. The summed E-state index contributed by atoms with van der Waals surface area (Å²) in [5, 5.41) is 20.2. The lowest BCUT2D eigenvalue weighted by atomic mass is 9.97. The maximum absolute atomic E-state index is 14.8. The molecule has 5 N–H and O–H groups in total. The molecule has 0 unspecified atom stereocenters. The van der Waals surface area contributed by atoms with Crippen molar-refractivity contribution in [3.8, 4) is 16.9 Å². The number of anilines is 1. The topological polar surface area (TPSA) is 156 Å². The molecule has 61 heavy (non-hydrogen) atoms. The molecule has 2 fully saturated rings. The zero-order valence-corrected chi connectivity index (χ0v) is 33.9. The lowest BCUT2D eigenvalue weighted by Crippen LogP contribution is -2.76. The van der Waals surface area contributed by atoms with Gasteiger partial charge < -0.3 is 35.8 Å². The second-order valence-corrected chi connectivity index (χ2v) is 15.4. The smallest absolute Gasteiger partial charge is 0.334 e. The summed E-state index contributed by atoms with van der Waals surface area (Å²) in [7, 11) is 1.96. The van der Waals surface area contributed by atoms with Crippen LogP contribution in [0.4, 0.5) is 10.5 Å². The van der Waals surface area contributed by atoms with Gasteiger partial charge in [-0.05, 0) is 64.2 Å². The highest BCUT2D eigenvalue weighted by molar-refractivity contribution is 6.05. The maximum Gasteiger partial charge on any atom is 0.334 e. The van der Waals surface area contributed by atoms with Gasteiger partial charge in [-0.25, -0.2) is 14.8 Å². The van der Waals surface area contributed by atoms with Gasteiger partial charge in [0, 0.05) is 68.0 Å². The first kappa shape index (κ1) is 40.6. The molecule has 2 aliphatic rings. The minimum Gasteiger partial charge on any atom is -0.508 e. The van der Waals surface area contributed by atoms with Crippen LogP contribution in [0.25, 0.3) is 22.0 Å². The van der Waals surface area contributed by atoms with E-state index in [0.717, 1.165) is 44.3 Å². The molecule has 6 aromatic rings. The summed E-state index contributed by atoms with van der Waals surface area (Å²) in [5.41, 5.74) is 13.3. The Labute approximate surface area is 354 Å². The number of piperazine rings is 1. The number of aromatic hydroxyl groups is 1. The van der Waals surface area contributed by atoms with Gasteiger partial charge in [0.25, 0.3) is 5.91 Å². The van der Waals surface area contributed by atoms with E-state index in [9.17, 15) is 24.3 Å². The number of carbonyl (C=O) groups excluding carboxylic acids is 4. The van der Waals surface area contributed by atoms with Gasteiger partial charge in [-0.3, -0.25) is 14.4 Å². The number of phenolic OH excluding ortho intramolecular Hbond substituents is 1. The van der Waals surface area contributed by atoms with Crippen molar-refractivity contribution in [1.29, 1.82) is 0 Å². The van der Waals surface area contributed by atoms with Crippen LogP contribution in [0.15, 0.2) is 140 Å². The van der Waals surface area contributed by atoms with Crippen LogP contribution in [0.1, 0.15) is 32.6 Å². The monoisotopic (exact) mass is 816 g/mol. The van der Waals surface area contributed by atoms with Crippen molar-refractivity contribution in [3.63, 3.8) is 0 Å². The molecular weight excluding hydrogens is 769 g/mol. The fourth-order valence-corrected chi connectivity index (χ4v) is 8.40. The largest absolute Gasteiger partial charge is 0.508 e. The number of nitrogens with one attached hydrogen (secondary N) is 2. The van der Waals surface area contributed by atoms with Crippen molar-refractivity contribution in [2.75, 3.05) is 25.0 Å². The van der Waals surface area contributed by atoms with E-state index in [1.54, 1.807) is 62.3 Å². The van der Waals surface area contributed by atoms with Crippen LogP contribution in [-0.4, -0.2) is 85.1 Å². The Morgan fingerprint density at radius 2 is 1.59 bits per heavy atom. The number of hydrogen-bond acceptors (Lipinski definition) is 7. The van der Waals surface area contributed by atoms with Crippen LogP contribution < -0.4 is 16.4 Å². The van der Waals surface area contributed by atoms with Crippen molar-refractivity contribution in [2.45, 2.75) is 38.3 Å². The third-order valence-electron chi connectivity index (χ3n) is 11.4. The van der Waals surface area contributed by atoms with E-state index in [0.29, 0.717) is 17.8 Å². The summed E-state index contributed by atoms with van der Waals surface area (Å²) in [6.07, 6.45) is 3.06. The van der Waals surface area contributed by atoms with E-state index >= 15 is 0 Å². The number of nitrogens with zero attached hydrogens (tertiary/aromatic N) is 5. The van der Waals surface area contributed by atoms with Gasteiger partial charge in [0.05, 0.1) is 18.6 Å². The number of hydrogen-bond donors (Lipinski definition) is 4. The van der Waals surface area contributed by atoms with E-state index in [1.165, 1.54) is 0 Å². The molecule has 1 aromatic heterocycles. The molecule has 0 radical (unpaired) electrons. The number of rotatable bonds is 12. The normalized spacial score (nSPS) is 16.7. The summed E-state index contributed by atoms with van der Waals surface area (Å²) < 4.78 is 2.04. The Hall–Kier alpha value is -7.22. The third-order valence-corrected chi connectivity index (χ3v) is 11.4. The fourth-order valence-electron chi connectivity index (χ4n) is 8.40. The van der Waals surface area contributed by atoms with Crippen molar-refractivity contribution in [3.05, 3.63) is 168 Å². The molecule has 13 heteroatoms. The number of nitrogens with two attached hydrogens (primary N) is 1. The maximum atomic E-state index is 14.8. The number of aryl methyl sites for hydroxylation is 1. The molecule has 2 atom stereocenters. The van der Waals surface area contributed by atoms with Crippen LogP contribution in [-0.2, 0) is 42.7 Å².